The predicted octanol–water partition coefficient (Wildman–Crippen LogP) is 3.25. The van der Waals surface area contributed by atoms with E-state index in [0.29, 0.717) is 26.2 Å². The van der Waals surface area contributed by atoms with Crippen molar-refractivity contribution >= 4 is 23.4 Å². The number of hydrogen-bond donors (Lipinski definition) is 0. The molecule has 1 aliphatic heterocycles. The van der Waals surface area contributed by atoms with Crippen molar-refractivity contribution in [1.82, 2.24) is 4.57 Å². The van der Waals surface area contributed by atoms with Gasteiger partial charge >= 0.3 is 5.97 Å². The molecule has 31 heavy (non-hydrogen) atoms. The summed E-state index contributed by atoms with van der Waals surface area (Å²) in [6.45, 7) is 5.70. The maximum absolute atomic E-state index is 13.4. The summed E-state index contributed by atoms with van der Waals surface area (Å²) in [5.41, 5.74) is 3.21. The van der Waals surface area contributed by atoms with Gasteiger partial charge < -0.3 is 4.74 Å². The summed E-state index contributed by atoms with van der Waals surface area (Å²) in [6, 6.07) is 13.0. The number of halogens is 1. The van der Waals surface area contributed by atoms with Crippen LogP contribution >= 0.6 is 11.3 Å². The summed E-state index contributed by atoms with van der Waals surface area (Å²) >= 11 is 1.24. The maximum Gasteiger partial charge on any atom is 0.338 e. The average Bonchev–Trinajstić information content (AvgIpc) is 3.04. The molecule has 0 saturated carbocycles. The van der Waals surface area contributed by atoms with Gasteiger partial charge in [0.25, 0.3) is 5.56 Å². The fourth-order valence-electron chi connectivity index (χ4n) is 3.57. The zero-order valence-corrected chi connectivity index (χ0v) is 18.2. The summed E-state index contributed by atoms with van der Waals surface area (Å²) in [7, 11) is 0. The number of carbonyl (C=O) groups excluding carboxylic acids is 1. The lowest BCUT2D eigenvalue weighted by molar-refractivity contribution is -0.139. The van der Waals surface area contributed by atoms with E-state index in [2.05, 4.69) is 4.99 Å². The standard InChI is InChI=1S/C24H21FN2O3S/c1-4-30-23(29)20-15(3)26-24-27(21(20)17-9-5-14(2)6-10-17)22(28)19(31-24)13-16-7-11-18(25)12-8-16/h5-13,21H,4H2,1-3H3/b19-13+/t21-/m0/s1. The van der Waals surface area contributed by atoms with E-state index in [1.165, 1.54) is 23.5 Å². The fourth-order valence-corrected chi connectivity index (χ4v) is 4.61. The normalized spacial score (nSPS) is 16.1. The van der Waals surface area contributed by atoms with Crippen molar-refractivity contribution in [3.63, 3.8) is 0 Å². The lowest BCUT2D eigenvalue weighted by Gasteiger charge is -2.24. The Morgan fingerprint density at radius 2 is 1.84 bits per heavy atom. The zero-order chi connectivity index (χ0) is 22.1. The molecule has 0 bridgehead atoms. The predicted molar refractivity (Wildman–Crippen MR) is 118 cm³/mol. The Morgan fingerprint density at radius 3 is 2.48 bits per heavy atom. The number of rotatable bonds is 4. The maximum atomic E-state index is 13.4. The first kappa shape index (κ1) is 20.9. The highest BCUT2D eigenvalue weighted by Gasteiger charge is 2.33. The molecule has 2 heterocycles. The largest absolute Gasteiger partial charge is 0.463 e. The summed E-state index contributed by atoms with van der Waals surface area (Å²) in [5.74, 6) is -0.824. The molecule has 5 nitrogen and oxygen atoms in total. The van der Waals surface area contributed by atoms with Crippen LogP contribution in [0.15, 0.2) is 69.6 Å². The number of aryl methyl sites for hydroxylation is 1. The Hall–Kier alpha value is -3.32. The third kappa shape index (κ3) is 4.01. The topological polar surface area (TPSA) is 60.7 Å². The van der Waals surface area contributed by atoms with Gasteiger partial charge in [0.05, 0.1) is 28.5 Å². The molecular weight excluding hydrogens is 415 g/mol. The summed E-state index contributed by atoms with van der Waals surface area (Å²) < 4.78 is 20.5. The number of benzene rings is 2. The molecule has 0 aliphatic carbocycles. The van der Waals surface area contributed by atoms with Crippen LogP contribution in [0.1, 0.15) is 36.6 Å². The van der Waals surface area contributed by atoms with Crippen molar-refractivity contribution in [1.29, 1.82) is 0 Å². The molecule has 0 N–H and O–H groups in total. The first-order valence-corrected chi connectivity index (χ1v) is 10.7. The van der Waals surface area contributed by atoms with Gasteiger partial charge in [-0.25, -0.2) is 14.2 Å². The SMILES string of the molecule is CCOC(=O)C1=C(C)N=c2s/c(=C/c3ccc(F)cc3)c(=O)n2[C@H]1c1ccc(C)cc1. The number of nitrogens with zero attached hydrogens (tertiary/aromatic N) is 2. The van der Waals surface area contributed by atoms with E-state index in [-0.39, 0.29) is 18.0 Å². The summed E-state index contributed by atoms with van der Waals surface area (Å²) in [6.07, 6.45) is 1.71. The Bertz CT molecular complexity index is 1350. The van der Waals surface area contributed by atoms with Crippen LogP contribution in [0.25, 0.3) is 6.08 Å². The summed E-state index contributed by atoms with van der Waals surface area (Å²) in [4.78, 5) is 31.3. The first-order valence-electron chi connectivity index (χ1n) is 9.91. The number of aromatic nitrogens is 1. The van der Waals surface area contributed by atoms with Crippen molar-refractivity contribution in [2.75, 3.05) is 6.61 Å². The number of carbonyl (C=O) groups is 1. The number of fused-ring (bicyclic) bond motifs is 1. The van der Waals surface area contributed by atoms with E-state index < -0.39 is 12.0 Å². The molecular formula is C24H21FN2O3S. The van der Waals surface area contributed by atoms with Gasteiger partial charge in [-0.15, -0.1) is 0 Å². The van der Waals surface area contributed by atoms with Crippen molar-refractivity contribution < 1.29 is 13.9 Å². The molecule has 7 heteroatoms. The Labute approximate surface area is 182 Å². The van der Waals surface area contributed by atoms with Gasteiger partial charge in [0.15, 0.2) is 4.80 Å². The second kappa shape index (κ2) is 8.43. The zero-order valence-electron chi connectivity index (χ0n) is 17.4. The third-order valence-corrected chi connectivity index (χ3v) is 6.06. The van der Waals surface area contributed by atoms with Crippen LogP contribution in [0.3, 0.4) is 0 Å². The van der Waals surface area contributed by atoms with E-state index >= 15 is 0 Å². The Balaban J connectivity index is 1.94. The van der Waals surface area contributed by atoms with Gasteiger partial charge in [-0.1, -0.05) is 53.3 Å². The van der Waals surface area contributed by atoms with Crippen LogP contribution in [-0.4, -0.2) is 17.1 Å². The monoisotopic (exact) mass is 436 g/mol. The molecule has 1 aliphatic rings. The second-order valence-electron chi connectivity index (χ2n) is 7.26. The molecule has 4 rings (SSSR count). The molecule has 0 saturated heterocycles. The highest BCUT2D eigenvalue weighted by atomic mass is 32.1. The van der Waals surface area contributed by atoms with Gasteiger partial charge in [-0.2, -0.15) is 0 Å². The average molecular weight is 437 g/mol. The Kier molecular flexibility index (Phi) is 5.69. The van der Waals surface area contributed by atoms with Crippen LogP contribution in [0, 0.1) is 12.7 Å². The quantitative estimate of drug-likeness (QED) is 0.590. The number of hydrogen-bond acceptors (Lipinski definition) is 5. The molecule has 0 unspecified atom stereocenters. The highest BCUT2D eigenvalue weighted by Crippen LogP contribution is 2.30. The van der Waals surface area contributed by atoms with Crippen molar-refractivity contribution in [2.45, 2.75) is 26.8 Å². The number of ether oxygens (including phenoxy) is 1. The van der Waals surface area contributed by atoms with Gasteiger partial charge in [0.2, 0.25) is 0 Å². The minimum atomic E-state index is -0.633. The summed E-state index contributed by atoms with van der Waals surface area (Å²) in [5, 5.41) is 0. The van der Waals surface area contributed by atoms with Gasteiger partial charge in [-0.05, 0) is 50.1 Å². The molecule has 3 aromatic rings. The first-order chi connectivity index (χ1) is 14.9. The molecule has 2 aromatic carbocycles. The van der Waals surface area contributed by atoms with E-state index in [4.69, 9.17) is 4.74 Å². The van der Waals surface area contributed by atoms with Gasteiger partial charge in [0, 0.05) is 0 Å². The minimum Gasteiger partial charge on any atom is -0.463 e. The lowest BCUT2D eigenvalue weighted by atomic mass is 9.95. The molecule has 158 valence electrons. The molecule has 0 spiro atoms. The van der Waals surface area contributed by atoms with Crippen LogP contribution in [0.2, 0.25) is 0 Å². The van der Waals surface area contributed by atoms with Gasteiger partial charge in [0.1, 0.15) is 5.82 Å². The van der Waals surface area contributed by atoms with E-state index in [0.717, 1.165) is 11.1 Å². The number of esters is 1. The number of thiazole rings is 1. The van der Waals surface area contributed by atoms with Crippen LogP contribution in [0.4, 0.5) is 4.39 Å². The highest BCUT2D eigenvalue weighted by molar-refractivity contribution is 7.07. The third-order valence-electron chi connectivity index (χ3n) is 5.08. The van der Waals surface area contributed by atoms with Crippen molar-refractivity contribution in [3.05, 3.63) is 102 Å². The minimum absolute atomic E-state index is 0.227. The van der Waals surface area contributed by atoms with E-state index in [1.54, 1.807) is 36.6 Å². The van der Waals surface area contributed by atoms with Crippen LogP contribution in [-0.2, 0) is 9.53 Å². The molecule has 0 radical (unpaired) electrons. The van der Waals surface area contributed by atoms with Gasteiger partial charge in [-0.3, -0.25) is 9.36 Å². The smallest absolute Gasteiger partial charge is 0.338 e. The molecule has 1 aromatic heterocycles. The molecule has 0 amide bonds. The molecule has 1 atom stereocenters. The van der Waals surface area contributed by atoms with E-state index in [1.807, 2.05) is 31.2 Å². The van der Waals surface area contributed by atoms with Crippen LogP contribution < -0.4 is 14.9 Å². The van der Waals surface area contributed by atoms with Crippen molar-refractivity contribution in [2.24, 2.45) is 4.99 Å². The number of allylic oxidation sites excluding steroid dienone is 1. The van der Waals surface area contributed by atoms with Crippen LogP contribution in [0.5, 0.6) is 0 Å². The molecule has 0 fully saturated rings. The van der Waals surface area contributed by atoms with E-state index in [9.17, 15) is 14.0 Å². The fraction of sp³-hybridized carbons (Fsp3) is 0.208. The lowest BCUT2D eigenvalue weighted by Crippen LogP contribution is -2.39. The second-order valence-corrected chi connectivity index (χ2v) is 8.27. The Morgan fingerprint density at radius 1 is 1.16 bits per heavy atom. The van der Waals surface area contributed by atoms with Crippen molar-refractivity contribution in [3.8, 4) is 0 Å².